The van der Waals surface area contributed by atoms with Gasteiger partial charge in [0.1, 0.15) is 0 Å². The summed E-state index contributed by atoms with van der Waals surface area (Å²) in [6.45, 7) is 5.45. The number of carbonyl (C=O) groups is 1. The van der Waals surface area contributed by atoms with Crippen LogP contribution in [0.3, 0.4) is 0 Å². The van der Waals surface area contributed by atoms with Crippen molar-refractivity contribution < 1.29 is 14.6 Å². The number of hydrogen-bond acceptors (Lipinski definition) is 3. The number of amides is 1. The number of unbranched alkanes of at least 4 members (excludes halogenated alkanes) is 24. The van der Waals surface area contributed by atoms with Crippen LogP contribution in [-0.2, 0) is 9.53 Å². The first-order valence-corrected chi connectivity index (χ1v) is 18.9. The number of aliphatic hydroxyl groups excluding tert-OH is 1. The maximum Gasteiger partial charge on any atom is 0.220 e. The van der Waals surface area contributed by atoms with E-state index >= 15 is 0 Å². The molecule has 0 aromatic heterocycles. The van der Waals surface area contributed by atoms with Crippen molar-refractivity contribution in [3.05, 3.63) is 12.2 Å². The number of allylic oxidation sites excluding steroid dienone is 2. The Labute approximate surface area is 263 Å². The molecule has 0 bridgehead atoms. The molecule has 1 atom stereocenters. The topological polar surface area (TPSA) is 58.6 Å². The number of carbonyl (C=O) groups excluding carboxylic acids is 1. The summed E-state index contributed by atoms with van der Waals surface area (Å²) in [6.07, 6.45) is 41.9. The Kier molecular flexibility index (Phi) is 35.6. The molecule has 0 aromatic rings. The molecule has 0 spiro atoms. The Morgan fingerprint density at radius 1 is 0.595 bits per heavy atom. The summed E-state index contributed by atoms with van der Waals surface area (Å²) in [7, 11) is 0. The van der Waals surface area contributed by atoms with Gasteiger partial charge in [-0.15, -0.1) is 0 Å². The van der Waals surface area contributed by atoms with E-state index in [-0.39, 0.29) is 18.6 Å². The largest absolute Gasteiger partial charge is 0.394 e. The van der Waals surface area contributed by atoms with Crippen LogP contribution in [0.15, 0.2) is 12.2 Å². The lowest BCUT2D eigenvalue weighted by atomic mass is 10.0. The van der Waals surface area contributed by atoms with Gasteiger partial charge in [-0.05, 0) is 38.5 Å². The van der Waals surface area contributed by atoms with Crippen molar-refractivity contribution in [2.24, 2.45) is 0 Å². The van der Waals surface area contributed by atoms with E-state index in [2.05, 4.69) is 31.3 Å². The van der Waals surface area contributed by atoms with Crippen molar-refractivity contribution in [1.29, 1.82) is 0 Å². The minimum Gasteiger partial charge on any atom is -0.394 e. The van der Waals surface area contributed by atoms with E-state index in [1.54, 1.807) is 0 Å². The third-order valence-corrected chi connectivity index (χ3v) is 8.49. The van der Waals surface area contributed by atoms with Gasteiger partial charge in [0.15, 0.2) is 0 Å². The van der Waals surface area contributed by atoms with Crippen LogP contribution in [0.1, 0.15) is 200 Å². The summed E-state index contributed by atoms with van der Waals surface area (Å²) in [5, 5.41) is 12.3. The molecule has 4 nitrogen and oxygen atoms in total. The highest BCUT2D eigenvalue weighted by molar-refractivity contribution is 5.76. The fraction of sp³-hybridized carbons (Fsp3) is 0.921. The molecule has 0 aliphatic heterocycles. The average Bonchev–Trinajstić information content (AvgIpc) is 2.99. The number of hydrogen-bond donors (Lipinski definition) is 2. The molecule has 2 N–H and O–H groups in total. The third-order valence-electron chi connectivity index (χ3n) is 8.49. The van der Waals surface area contributed by atoms with Crippen molar-refractivity contribution >= 4 is 5.91 Å². The number of rotatable bonds is 35. The molecule has 0 aromatic carbocycles. The van der Waals surface area contributed by atoms with Gasteiger partial charge in [-0.2, -0.15) is 0 Å². The normalized spacial score (nSPS) is 12.4. The fourth-order valence-corrected chi connectivity index (χ4v) is 5.73. The molecule has 1 unspecified atom stereocenters. The third kappa shape index (κ3) is 33.6. The van der Waals surface area contributed by atoms with Crippen molar-refractivity contribution in [2.75, 3.05) is 19.8 Å². The zero-order chi connectivity index (χ0) is 30.6. The summed E-state index contributed by atoms with van der Waals surface area (Å²) >= 11 is 0. The van der Waals surface area contributed by atoms with E-state index in [1.807, 2.05) is 0 Å². The molecule has 0 fully saturated rings. The lowest BCUT2D eigenvalue weighted by Crippen LogP contribution is -2.38. The highest BCUT2D eigenvalue weighted by atomic mass is 16.5. The zero-order valence-corrected chi connectivity index (χ0v) is 28.6. The summed E-state index contributed by atoms with van der Waals surface area (Å²) in [4.78, 5) is 12.5. The van der Waals surface area contributed by atoms with Crippen LogP contribution in [0.25, 0.3) is 0 Å². The maximum atomic E-state index is 12.5. The monoisotopic (exact) mass is 594 g/mol. The minimum absolute atomic E-state index is 0.0356. The molecular formula is C38H75NO3. The summed E-state index contributed by atoms with van der Waals surface area (Å²) in [5.74, 6) is 0.167. The Balaban J connectivity index is 3.72. The summed E-state index contributed by atoms with van der Waals surface area (Å²) in [5.41, 5.74) is 0. The van der Waals surface area contributed by atoms with Crippen molar-refractivity contribution in [3.8, 4) is 0 Å². The quantitative estimate of drug-likeness (QED) is 0.0567. The second-order valence-electron chi connectivity index (χ2n) is 12.8. The van der Waals surface area contributed by atoms with Gasteiger partial charge in [0.25, 0.3) is 0 Å². The van der Waals surface area contributed by atoms with Gasteiger partial charge in [-0.1, -0.05) is 167 Å². The molecule has 0 aliphatic carbocycles. The van der Waals surface area contributed by atoms with E-state index in [9.17, 15) is 4.79 Å². The van der Waals surface area contributed by atoms with E-state index in [0.717, 1.165) is 25.7 Å². The Morgan fingerprint density at radius 2 is 1.00 bits per heavy atom. The standard InChI is InChI=1S/C38H75NO3/c1-3-5-7-9-11-13-15-17-18-19-21-22-24-26-28-30-32-37(36-42-35-34-40)39-38(41)33-31-29-27-25-23-20-16-14-12-10-8-6-4-2/h17-18,37,40H,3-16,19-36H2,1-2H3,(H,39,41). The van der Waals surface area contributed by atoms with Crippen LogP contribution in [0.5, 0.6) is 0 Å². The number of ether oxygens (including phenoxy) is 1. The molecule has 250 valence electrons. The number of nitrogens with one attached hydrogen (secondary N) is 1. The highest BCUT2D eigenvalue weighted by Crippen LogP contribution is 2.14. The van der Waals surface area contributed by atoms with E-state index in [0.29, 0.717) is 19.6 Å². The molecular weight excluding hydrogens is 518 g/mol. The van der Waals surface area contributed by atoms with E-state index in [4.69, 9.17) is 9.84 Å². The van der Waals surface area contributed by atoms with Crippen LogP contribution < -0.4 is 5.32 Å². The van der Waals surface area contributed by atoms with Crippen LogP contribution in [0.4, 0.5) is 0 Å². The fourth-order valence-electron chi connectivity index (χ4n) is 5.73. The lowest BCUT2D eigenvalue weighted by molar-refractivity contribution is -0.122. The van der Waals surface area contributed by atoms with Gasteiger partial charge in [-0.25, -0.2) is 0 Å². The summed E-state index contributed by atoms with van der Waals surface area (Å²) in [6, 6.07) is 0.0720. The predicted octanol–water partition coefficient (Wildman–Crippen LogP) is 11.4. The van der Waals surface area contributed by atoms with Gasteiger partial charge in [0.05, 0.1) is 25.9 Å². The van der Waals surface area contributed by atoms with Gasteiger partial charge in [0.2, 0.25) is 5.91 Å². The van der Waals surface area contributed by atoms with Gasteiger partial charge >= 0.3 is 0 Å². The predicted molar refractivity (Wildman–Crippen MR) is 184 cm³/mol. The second-order valence-corrected chi connectivity index (χ2v) is 12.8. The van der Waals surface area contributed by atoms with Crippen molar-refractivity contribution in [2.45, 2.75) is 206 Å². The summed E-state index contributed by atoms with van der Waals surface area (Å²) < 4.78 is 5.58. The second kappa shape index (κ2) is 36.3. The molecule has 0 heterocycles. The minimum atomic E-state index is 0.0356. The molecule has 1 amide bonds. The Bertz CT molecular complexity index is 550. The molecule has 0 rings (SSSR count). The molecule has 42 heavy (non-hydrogen) atoms. The van der Waals surface area contributed by atoms with Crippen LogP contribution >= 0.6 is 0 Å². The van der Waals surface area contributed by atoms with Gasteiger partial charge in [0, 0.05) is 6.42 Å². The number of aliphatic hydroxyl groups is 1. The SMILES string of the molecule is CCCCCCCCC=CCCCCCCCCC(COCCO)NC(=O)CCCCCCCCCCCCCCC. The lowest BCUT2D eigenvalue weighted by Gasteiger charge is -2.19. The maximum absolute atomic E-state index is 12.5. The van der Waals surface area contributed by atoms with Crippen molar-refractivity contribution in [1.82, 2.24) is 5.32 Å². The van der Waals surface area contributed by atoms with E-state index < -0.39 is 0 Å². The Hall–Kier alpha value is -0.870. The first kappa shape index (κ1) is 41.1. The molecule has 4 heteroatoms. The van der Waals surface area contributed by atoms with Gasteiger partial charge in [-0.3, -0.25) is 4.79 Å². The highest BCUT2D eigenvalue weighted by Gasteiger charge is 2.12. The van der Waals surface area contributed by atoms with Crippen LogP contribution in [0, 0.1) is 0 Å². The zero-order valence-electron chi connectivity index (χ0n) is 28.6. The molecule has 0 saturated heterocycles. The molecule has 0 aliphatic rings. The molecule has 0 radical (unpaired) electrons. The Morgan fingerprint density at radius 3 is 1.45 bits per heavy atom. The molecule has 0 saturated carbocycles. The average molecular weight is 594 g/mol. The smallest absolute Gasteiger partial charge is 0.220 e. The first-order chi connectivity index (χ1) is 20.7. The van der Waals surface area contributed by atoms with Gasteiger partial charge < -0.3 is 15.2 Å². The van der Waals surface area contributed by atoms with Crippen LogP contribution in [0.2, 0.25) is 0 Å². The van der Waals surface area contributed by atoms with Crippen molar-refractivity contribution in [3.63, 3.8) is 0 Å². The van der Waals surface area contributed by atoms with Crippen LogP contribution in [-0.4, -0.2) is 36.9 Å². The van der Waals surface area contributed by atoms with E-state index in [1.165, 1.54) is 154 Å². The first-order valence-electron chi connectivity index (χ1n) is 18.9.